The quantitative estimate of drug-likeness (QED) is 0.387. The van der Waals surface area contributed by atoms with Gasteiger partial charge < -0.3 is 15.8 Å². The van der Waals surface area contributed by atoms with E-state index in [-0.39, 0.29) is 5.91 Å². The molecule has 1 fully saturated rings. The Morgan fingerprint density at radius 2 is 1.62 bits per heavy atom. The number of amides is 2. The number of pyridine rings is 1. The van der Waals surface area contributed by atoms with Crippen LogP contribution in [0.1, 0.15) is 56.0 Å². The third-order valence-electron chi connectivity index (χ3n) is 6.06. The van der Waals surface area contributed by atoms with Gasteiger partial charge in [0.2, 0.25) is 0 Å². The van der Waals surface area contributed by atoms with E-state index in [2.05, 4.69) is 20.5 Å². The number of rotatable bonds is 6. The van der Waals surface area contributed by atoms with Crippen LogP contribution in [-0.2, 0) is 11.3 Å². The van der Waals surface area contributed by atoms with Crippen molar-refractivity contribution in [3.8, 4) is 11.3 Å². The number of ether oxygens (including phenoxy) is 1. The zero-order chi connectivity index (χ0) is 26.4. The molecule has 1 aromatic heterocycles. The molecule has 2 aromatic carbocycles. The number of aromatic nitrogens is 1. The lowest BCUT2D eigenvalue weighted by Crippen LogP contribution is -2.29. The number of piperidine rings is 1. The molecule has 1 saturated heterocycles. The number of nitrogens with two attached hydrogens (primary N) is 1. The van der Waals surface area contributed by atoms with Crippen LogP contribution in [-0.4, -0.2) is 40.6 Å². The maximum absolute atomic E-state index is 12.9. The van der Waals surface area contributed by atoms with Crippen molar-refractivity contribution < 1.29 is 14.3 Å². The average Bonchev–Trinajstić information content (AvgIpc) is 2.85. The summed E-state index contributed by atoms with van der Waals surface area (Å²) in [5, 5.41) is 5.55. The van der Waals surface area contributed by atoms with Crippen LogP contribution in [0.4, 0.5) is 21.9 Å². The van der Waals surface area contributed by atoms with Crippen LogP contribution in [0.5, 0.6) is 0 Å². The Kier molecular flexibility index (Phi) is 8.08. The second-order valence-electron chi connectivity index (χ2n) is 10.3. The van der Waals surface area contributed by atoms with E-state index < -0.39 is 11.7 Å². The number of benzene rings is 2. The summed E-state index contributed by atoms with van der Waals surface area (Å²) in [5.41, 5.74) is 10.4. The molecule has 1 aliphatic heterocycles. The zero-order valence-corrected chi connectivity index (χ0v) is 21.7. The average molecular weight is 502 g/mol. The van der Waals surface area contributed by atoms with Crippen LogP contribution >= 0.6 is 0 Å². The minimum atomic E-state index is -0.629. The highest BCUT2D eigenvalue weighted by molar-refractivity contribution is 6.07. The highest BCUT2D eigenvalue weighted by Gasteiger charge is 2.18. The first-order valence-electron chi connectivity index (χ1n) is 12.7. The molecule has 0 aliphatic carbocycles. The first-order chi connectivity index (χ1) is 17.7. The Morgan fingerprint density at radius 3 is 2.24 bits per heavy atom. The van der Waals surface area contributed by atoms with Gasteiger partial charge in [0.15, 0.2) is 0 Å². The van der Waals surface area contributed by atoms with Gasteiger partial charge in [-0.05, 0) is 82.6 Å². The van der Waals surface area contributed by atoms with Crippen LogP contribution in [0, 0.1) is 0 Å². The first-order valence-corrected chi connectivity index (χ1v) is 12.7. The fourth-order valence-electron chi connectivity index (χ4n) is 4.32. The van der Waals surface area contributed by atoms with Gasteiger partial charge in [-0.3, -0.25) is 20.0 Å². The van der Waals surface area contributed by atoms with Crippen molar-refractivity contribution in [1.82, 2.24) is 9.88 Å². The Hall–Kier alpha value is -3.91. The molecule has 2 heterocycles. The molecule has 0 unspecified atom stereocenters. The Morgan fingerprint density at radius 1 is 0.973 bits per heavy atom. The van der Waals surface area contributed by atoms with E-state index in [0.29, 0.717) is 28.3 Å². The van der Waals surface area contributed by atoms with Crippen LogP contribution in [0.2, 0.25) is 0 Å². The summed E-state index contributed by atoms with van der Waals surface area (Å²) in [5.74, 6) is -0.303. The number of carbonyl (C=O) groups is 2. The normalized spacial score (nSPS) is 14.1. The number of nitrogens with zero attached hydrogens (tertiary/aromatic N) is 2. The van der Waals surface area contributed by atoms with Crippen molar-refractivity contribution in [2.75, 3.05) is 29.5 Å². The van der Waals surface area contributed by atoms with Crippen molar-refractivity contribution >= 4 is 29.1 Å². The summed E-state index contributed by atoms with van der Waals surface area (Å²) >= 11 is 0. The van der Waals surface area contributed by atoms with E-state index in [4.69, 9.17) is 10.5 Å². The number of hydrogen-bond donors (Lipinski definition) is 3. The van der Waals surface area contributed by atoms with E-state index in [1.165, 1.54) is 19.3 Å². The Bertz CT molecular complexity index is 1250. The number of nitrogen functional groups attached to an aromatic ring is 1. The lowest BCUT2D eigenvalue weighted by Gasteiger charge is -2.26. The summed E-state index contributed by atoms with van der Waals surface area (Å²) in [4.78, 5) is 32.2. The van der Waals surface area contributed by atoms with E-state index in [1.807, 2.05) is 24.4 Å². The number of para-hydroxylation sites is 2. The molecule has 4 rings (SSSR count). The SMILES string of the molecule is CC(C)(C)OC(=O)Nc1ccccc1NC(=O)c1ccc(-c2ncc(CN3CCCCC3)cc2N)cc1. The van der Waals surface area contributed by atoms with Gasteiger partial charge in [-0.1, -0.05) is 30.7 Å². The number of hydrogen-bond acceptors (Lipinski definition) is 6. The van der Waals surface area contributed by atoms with Crippen LogP contribution in [0.25, 0.3) is 11.3 Å². The smallest absolute Gasteiger partial charge is 0.412 e. The fourth-order valence-corrected chi connectivity index (χ4v) is 4.32. The molecule has 0 bridgehead atoms. The lowest BCUT2D eigenvalue weighted by atomic mass is 10.1. The number of nitrogens with one attached hydrogen (secondary N) is 2. The summed E-state index contributed by atoms with van der Waals surface area (Å²) < 4.78 is 5.32. The van der Waals surface area contributed by atoms with Gasteiger partial charge >= 0.3 is 6.09 Å². The summed E-state index contributed by atoms with van der Waals surface area (Å²) in [6, 6.07) is 16.1. The van der Waals surface area contributed by atoms with E-state index in [1.54, 1.807) is 57.2 Å². The van der Waals surface area contributed by atoms with E-state index >= 15 is 0 Å². The third-order valence-corrected chi connectivity index (χ3v) is 6.06. The molecule has 8 nitrogen and oxygen atoms in total. The van der Waals surface area contributed by atoms with Crippen molar-refractivity contribution in [3.05, 3.63) is 71.9 Å². The van der Waals surface area contributed by atoms with Crippen LogP contribution in [0.3, 0.4) is 0 Å². The molecule has 37 heavy (non-hydrogen) atoms. The van der Waals surface area contributed by atoms with Gasteiger partial charge in [0.25, 0.3) is 5.91 Å². The molecule has 1 aliphatic rings. The van der Waals surface area contributed by atoms with Crippen molar-refractivity contribution in [1.29, 1.82) is 0 Å². The van der Waals surface area contributed by atoms with Crippen molar-refractivity contribution in [2.24, 2.45) is 0 Å². The maximum Gasteiger partial charge on any atom is 0.412 e. The second kappa shape index (κ2) is 11.4. The van der Waals surface area contributed by atoms with Gasteiger partial charge in [0.1, 0.15) is 5.60 Å². The van der Waals surface area contributed by atoms with Crippen molar-refractivity contribution in [2.45, 2.75) is 52.2 Å². The van der Waals surface area contributed by atoms with E-state index in [9.17, 15) is 9.59 Å². The molecule has 0 saturated carbocycles. The molecule has 3 aromatic rings. The summed E-state index contributed by atoms with van der Waals surface area (Å²) in [7, 11) is 0. The van der Waals surface area contributed by atoms with Gasteiger partial charge in [-0.15, -0.1) is 0 Å². The zero-order valence-electron chi connectivity index (χ0n) is 21.7. The topological polar surface area (TPSA) is 110 Å². The maximum atomic E-state index is 12.9. The van der Waals surface area contributed by atoms with Crippen LogP contribution in [0.15, 0.2) is 60.8 Å². The molecular formula is C29H35N5O3. The number of carbonyl (C=O) groups excluding carboxylic acids is 2. The van der Waals surface area contributed by atoms with Crippen molar-refractivity contribution in [3.63, 3.8) is 0 Å². The molecular weight excluding hydrogens is 466 g/mol. The molecule has 194 valence electrons. The lowest BCUT2D eigenvalue weighted by molar-refractivity contribution is 0.0635. The fraction of sp³-hybridized carbons (Fsp3) is 0.345. The first kappa shape index (κ1) is 26.2. The highest BCUT2D eigenvalue weighted by atomic mass is 16.6. The number of likely N-dealkylation sites (tertiary alicyclic amines) is 1. The molecule has 8 heteroatoms. The monoisotopic (exact) mass is 501 g/mol. The second-order valence-corrected chi connectivity index (χ2v) is 10.3. The minimum Gasteiger partial charge on any atom is -0.444 e. The molecule has 0 spiro atoms. The Balaban J connectivity index is 1.42. The highest BCUT2D eigenvalue weighted by Crippen LogP contribution is 2.27. The van der Waals surface area contributed by atoms with E-state index in [0.717, 1.165) is 30.8 Å². The summed E-state index contributed by atoms with van der Waals surface area (Å²) in [6.07, 6.45) is 5.08. The number of anilines is 3. The molecule has 0 atom stereocenters. The standard InChI is InChI=1S/C29H35N5O3/c1-29(2,3)37-28(36)33-25-10-6-5-9-24(25)32-27(35)22-13-11-21(12-14-22)26-23(30)17-20(18-31-26)19-34-15-7-4-8-16-34/h5-6,9-14,17-18H,4,7-8,15-16,19,30H2,1-3H3,(H,32,35)(H,33,36). The van der Waals surface area contributed by atoms with Gasteiger partial charge in [-0.2, -0.15) is 0 Å². The largest absolute Gasteiger partial charge is 0.444 e. The molecule has 2 amide bonds. The van der Waals surface area contributed by atoms with Crippen LogP contribution < -0.4 is 16.4 Å². The Labute approximate surface area is 218 Å². The molecule has 4 N–H and O–H groups in total. The van der Waals surface area contributed by atoms with Gasteiger partial charge in [0, 0.05) is 23.9 Å². The van der Waals surface area contributed by atoms with Gasteiger partial charge in [0.05, 0.1) is 22.8 Å². The summed E-state index contributed by atoms with van der Waals surface area (Å²) in [6.45, 7) is 8.46. The predicted octanol–water partition coefficient (Wildman–Crippen LogP) is 5.92. The third kappa shape index (κ3) is 7.30. The minimum absolute atomic E-state index is 0.303. The predicted molar refractivity (Wildman–Crippen MR) is 147 cm³/mol. The van der Waals surface area contributed by atoms with Gasteiger partial charge in [-0.25, -0.2) is 4.79 Å². The molecule has 0 radical (unpaired) electrons.